The molecule has 2 unspecified atom stereocenters. The van der Waals surface area contributed by atoms with E-state index in [1.54, 1.807) is 6.07 Å². The lowest BCUT2D eigenvalue weighted by Crippen LogP contribution is -2.28. The van der Waals surface area contributed by atoms with Gasteiger partial charge in [0.05, 0.1) is 21.6 Å². The van der Waals surface area contributed by atoms with Gasteiger partial charge in [0.2, 0.25) is 0 Å². The van der Waals surface area contributed by atoms with Crippen LogP contribution in [0.25, 0.3) is 0 Å². The first kappa shape index (κ1) is 21.6. The van der Waals surface area contributed by atoms with Crippen LogP contribution in [-0.4, -0.2) is 33.9 Å². The number of rotatable bonds is 7. The lowest BCUT2D eigenvalue weighted by molar-refractivity contribution is -0.150. The Morgan fingerprint density at radius 1 is 0.786 bits per heavy atom. The van der Waals surface area contributed by atoms with Gasteiger partial charge in [0.15, 0.2) is 0 Å². The smallest absolute Gasteiger partial charge is 0.314 e. The van der Waals surface area contributed by atoms with Crippen LogP contribution in [0.15, 0.2) is 64.4 Å². The minimum absolute atomic E-state index is 0.0366. The molecule has 2 atom stereocenters. The summed E-state index contributed by atoms with van der Waals surface area (Å²) in [6, 6.07) is 11.0. The first-order chi connectivity index (χ1) is 13.0. The van der Waals surface area contributed by atoms with E-state index in [-0.39, 0.29) is 10.6 Å². The van der Waals surface area contributed by atoms with Crippen molar-refractivity contribution in [2.45, 2.75) is 23.6 Å². The summed E-state index contributed by atoms with van der Waals surface area (Å²) in [7, 11) is -9.39. The average molecular weight is 426 g/mol. The fraction of sp³-hybridized carbons (Fsp3) is 0.222. The van der Waals surface area contributed by atoms with Gasteiger partial charge in [0.1, 0.15) is 5.75 Å². The molecule has 2 aromatic rings. The van der Waals surface area contributed by atoms with Crippen LogP contribution in [0.4, 0.5) is 0 Å². The first-order valence-corrected chi connectivity index (χ1v) is 11.6. The molecule has 0 aliphatic carbocycles. The molecule has 0 aliphatic heterocycles. The predicted octanol–water partition coefficient (Wildman–Crippen LogP) is 2.11. The van der Waals surface area contributed by atoms with Crippen LogP contribution in [0.1, 0.15) is 13.8 Å². The van der Waals surface area contributed by atoms with Gasteiger partial charge in [-0.1, -0.05) is 32.0 Å². The van der Waals surface area contributed by atoms with Crippen molar-refractivity contribution in [2.75, 3.05) is 0 Å². The van der Waals surface area contributed by atoms with Crippen LogP contribution in [0.3, 0.4) is 0 Å². The van der Waals surface area contributed by atoms with Crippen molar-refractivity contribution in [1.82, 2.24) is 0 Å². The number of benzene rings is 2. The van der Waals surface area contributed by atoms with Gasteiger partial charge in [0, 0.05) is 0 Å². The Bertz CT molecular complexity index is 1070. The van der Waals surface area contributed by atoms with Gasteiger partial charge < -0.3 is 9.84 Å². The van der Waals surface area contributed by atoms with Crippen LogP contribution in [0, 0.1) is 11.8 Å². The fourth-order valence-corrected chi connectivity index (χ4v) is 5.80. The predicted molar refractivity (Wildman–Crippen MR) is 98.9 cm³/mol. The molecular weight excluding hydrogens is 408 g/mol. The molecule has 10 heteroatoms. The molecule has 0 saturated carbocycles. The van der Waals surface area contributed by atoms with Gasteiger partial charge >= 0.3 is 11.9 Å². The number of carbonyl (C=O) groups is 2. The number of hydrogen-bond acceptors (Lipinski definition) is 7. The number of ether oxygens (including phenoxy) is 1. The zero-order valence-electron chi connectivity index (χ0n) is 15.0. The lowest BCUT2D eigenvalue weighted by atomic mass is 9.96. The molecule has 0 bridgehead atoms. The van der Waals surface area contributed by atoms with E-state index in [9.17, 15) is 26.4 Å². The summed E-state index contributed by atoms with van der Waals surface area (Å²) < 4.78 is 54.9. The standard InChI is InChI=1S/C18H18O8S2/c1-12(17(19)20)13(2)18(21)26-14-8-10-16(11-9-14)28(24,25)27(22,23)15-6-4-3-5-7-15/h3-13H,1-2H3,(H,19,20). The molecule has 0 spiro atoms. The maximum absolute atomic E-state index is 12.5. The molecule has 0 radical (unpaired) electrons. The Morgan fingerprint density at radius 3 is 1.71 bits per heavy atom. The Balaban J connectivity index is 2.25. The fourth-order valence-electron chi connectivity index (χ4n) is 2.14. The number of esters is 1. The van der Waals surface area contributed by atoms with Gasteiger partial charge in [-0.05, 0) is 36.4 Å². The van der Waals surface area contributed by atoms with E-state index in [1.807, 2.05) is 0 Å². The Morgan fingerprint density at radius 2 is 1.25 bits per heavy atom. The first-order valence-electron chi connectivity index (χ1n) is 8.08. The maximum atomic E-state index is 12.5. The second kappa shape index (κ2) is 8.11. The van der Waals surface area contributed by atoms with E-state index in [0.717, 1.165) is 24.3 Å². The third kappa shape index (κ3) is 4.23. The van der Waals surface area contributed by atoms with E-state index in [0.29, 0.717) is 0 Å². The summed E-state index contributed by atoms with van der Waals surface area (Å²) >= 11 is 0. The maximum Gasteiger partial charge on any atom is 0.314 e. The summed E-state index contributed by atoms with van der Waals surface area (Å²) in [5, 5.41) is 8.93. The molecule has 28 heavy (non-hydrogen) atoms. The number of aliphatic carboxylic acids is 1. The van der Waals surface area contributed by atoms with E-state index in [2.05, 4.69) is 0 Å². The minimum Gasteiger partial charge on any atom is -0.481 e. The van der Waals surface area contributed by atoms with Crippen LogP contribution in [0.2, 0.25) is 0 Å². The highest BCUT2D eigenvalue weighted by Gasteiger charge is 2.34. The molecule has 2 aromatic carbocycles. The van der Waals surface area contributed by atoms with Gasteiger partial charge in [0.25, 0.3) is 17.7 Å². The van der Waals surface area contributed by atoms with Crippen molar-refractivity contribution < 1.29 is 36.3 Å². The van der Waals surface area contributed by atoms with E-state index in [4.69, 9.17) is 9.84 Å². The van der Waals surface area contributed by atoms with Crippen molar-refractivity contribution in [3.05, 3.63) is 54.6 Å². The summed E-state index contributed by atoms with van der Waals surface area (Å²) in [5.41, 5.74) is 0. The number of carboxylic acids is 1. The van der Waals surface area contributed by atoms with Crippen molar-refractivity contribution in [1.29, 1.82) is 0 Å². The topological polar surface area (TPSA) is 132 Å². The van der Waals surface area contributed by atoms with Gasteiger partial charge in [-0.25, -0.2) is 16.8 Å². The van der Waals surface area contributed by atoms with Crippen molar-refractivity contribution in [2.24, 2.45) is 11.8 Å². The van der Waals surface area contributed by atoms with Crippen LogP contribution < -0.4 is 4.74 Å². The normalized spacial score (nSPS) is 14.1. The van der Waals surface area contributed by atoms with Gasteiger partial charge in [-0.3, -0.25) is 9.59 Å². The highest BCUT2D eigenvalue weighted by Crippen LogP contribution is 2.26. The molecule has 0 fully saturated rings. The minimum atomic E-state index is -4.72. The number of carboxylic acid groups (broad SMARTS) is 1. The molecule has 8 nitrogen and oxygen atoms in total. The summed E-state index contributed by atoms with van der Waals surface area (Å²) in [4.78, 5) is 22.1. The largest absolute Gasteiger partial charge is 0.481 e. The zero-order chi connectivity index (χ0) is 21.1. The SMILES string of the molecule is CC(C(=O)O)C(C)C(=O)Oc1ccc(S(=O)(=O)S(=O)(=O)c2ccccc2)cc1. The highest BCUT2D eigenvalue weighted by atomic mass is 33.2. The zero-order valence-corrected chi connectivity index (χ0v) is 16.6. The van der Waals surface area contributed by atoms with Crippen LogP contribution in [-0.2, 0) is 27.3 Å². The molecule has 0 aliphatic rings. The van der Waals surface area contributed by atoms with E-state index < -0.39 is 46.4 Å². The Kier molecular flexibility index (Phi) is 6.25. The van der Waals surface area contributed by atoms with Gasteiger partial charge in [-0.2, -0.15) is 0 Å². The van der Waals surface area contributed by atoms with Crippen molar-refractivity contribution >= 4 is 29.7 Å². The van der Waals surface area contributed by atoms with Crippen LogP contribution in [0.5, 0.6) is 5.75 Å². The molecule has 0 heterocycles. The monoisotopic (exact) mass is 426 g/mol. The molecule has 1 N–H and O–H groups in total. The van der Waals surface area contributed by atoms with Crippen molar-refractivity contribution in [3.63, 3.8) is 0 Å². The number of hydrogen-bond donors (Lipinski definition) is 1. The second-order valence-corrected chi connectivity index (χ2v) is 11.4. The lowest BCUT2D eigenvalue weighted by Gasteiger charge is -2.14. The van der Waals surface area contributed by atoms with E-state index in [1.165, 1.54) is 38.1 Å². The van der Waals surface area contributed by atoms with E-state index >= 15 is 0 Å². The summed E-state index contributed by atoms with van der Waals surface area (Å²) in [6.45, 7) is 2.75. The Hall–Kier alpha value is -2.72. The molecule has 0 aromatic heterocycles. The number of carbonyl (C=O) groups excluding carboxylic acids is 1. The second-order valence-electron chi connectivity index (χ2n) is 6.03. The Labute approximate surface area is 162 Å². The third-order valence-corrected chi connectivity index (χ3v) is 9.33. The molecular formula is C18H18O8S2. The summed E-state index contributed by atoms with van der Waals surface area (Å²) in [6.07, 6.45) is 0. The highest BCUT2D eigenvalue weighted by molar-refractivity contribution is 8.67. The quantitative estimate of drug-likeness (QED) is 0.404. The molecule has 0 saturated heterocycles. The van der Waals surface area contributed by atoms with Crippen molar-refractivity contribution in [3.8, 4) is 5.75 Å². The molecule has 0 amide bonds. The molecule has 150 valence electrons. The summed E-state index contributed by atoms with van der Waals surface area (Å²) in [5.74, 6) is -3.90. The van der Waals surface area contributed by atoms with Gasteiger partial charge in [-0.15, -0.1) is 0 Å². The average Bonchev–Trinajstić information content (AvgIpc) is 2.67. The van der Waals surface area contributed by atoms with Crippen LogP contribution >= 0.6 is 0 Å². The molecule has 2 rings (SSSR count). The third-order valence-electron chi connectivity index (χ3n) is 4.16.